The van der Waals surface area contributed by atoms with Crippen molar-refractivity contribution >= 4 is 27.5 Å². The average molecular weight is 839 g/mol. The van der Waals surface area contributed by atoms with Crippen LogP contribution in [0.5, 0.6) is 0 Å². The Morgan fingerprint density at radius 2 is 1.55 bits per heavy atom. The first-order valence-corrected chi connectivity index (χ1v) is 17.5. The summed E-state index contributed by atoms with van der Waals surface area (Å²) in [5.41, 5.74) is 6.55. The number of pyridine rings is 1. The van der Waals surface area contributed by atoms with E-state index >= 15 is 0 Å². The van der Waals surface area contributed by atoms with Gasteiger partial charge in [0.1, 0.15) is 6.33 Å². The molecule has 1 radical (unpaired) electrons. The van der Waals surface area contributed by atoms with Gasteiger partial charge in [-0.05, 0) is 61.6 Å². The van der Waals surface area contributed by atoms with Gasteiger partial charge in [-0.2, -0.15) is 0 Å². The van der Waals surface area contributed by atoms with Crippen molar-refractivity contribution in [3.8, 4) is 22.6 Å². The Morgan fingerprint density at radius 1 is 0.898 bits per heavy atom. The van der Waals surface area contributed by atoms with Crippen LogP contribution >= 0.6 is 0 Å². The number of aliphatic hydroxyl groups is 1. The molecule has 0 aliphatic rings. The van der Waals surface area contributed by atoms with Gasteiger partial charge in [0, 0.05) is 49.1 Å². The molecule has 2 aromatic carbocycles. The van der Waals surface area contributed by atoms with Gasteiger partial charge in [0.25, 0.3) is 0 Å². The Kier molecular flexibility index (Phi) is 14.5. The van der Waals surface area contributed by atoms with Crippen molar-refractivity contribution in [3.05, 3.63) is 90.3 Å². The number of furan rings is 1. The second-order valence-electron chi connectivity index (χ2n) is 14.1. The first-order valence-electron chi connectivity index (χ1n) is 17.5. The molecule has 0 saturated carbocycles. The van der Waals surface area contributed by atoms with E-state index in [1.165, 1.54) is 17.0 Å². The minimum atomic E-state index is -0.00106. The first kappa shape index (κ1) is 39.8. The summed E-state index contributed by atoms with van der Waals surface area (Å²) in [6.07, 6.45) is 9.10. The van der Waals surface area contributed by atoms with Gasteiger partial charge >= 0.3 is 0 Å². The van der Waals surface area contributed by atoms with Crippen LogP contribution in [0.4, 0.5) is 0 Å². The largest absolute Gasteiger partial charge is 0.512 e. The van der Waals surface area contributed by atoms with Crippen LogP contribution in [-0.4, -0.2) is 25.8 Å². The third kappa shape index (κ3) is 9.95. The molecule has 5 rings (SSSR count). The van der Waals surface area contributed by atoms with E-state index in [-0.39, 0.29) is 48.9 Å². The maximum Gasteiger partial charge on any atom is 0.162 e. The van der Waals surface area contributed by atoms with Crippen LogP contribution in [0.3, 0.4) is 0 Å². The van der Waals surface area contributed by atoms with Crippen molar-refractivity contribution in [2.24, 2.45) is 17.8 Å². The summed E-state index contributed by atoms with van der Waals surface area (Å²) in [6.45, 7) is 19.2. The molecule has 5 aromatic rings. The molecule has 3 heterocycles. The molecule has 7 heteroatoms. The van der Waals surface area contributed by atoms with Crippen LogP contribution < -0.4 is 0 Å². The summed E-state index contributed by atoms with van der Waals surface area (Å²) in [5, 5.41) is 13.1. The number of nitrogens with zero attached hydrogens (tertiary/aromatic N) is 3. The summed E-state index contributed by atoms with van der Waals surface area (Å²) in [5.74, 6) is 1.02. The van der Waals surface area contributed by atoms with E-state index in [0.29, 0.717) is 5.92 Å². The van der Waals surface area contributed by atoms with Crippen molar-refractivity contribution in [2.45, 2.75) is 99.8 Å². The number of allylic oxidation sites excluding steroid dienone is 2. The Balaban J connectivity index is 0.000000347. The van der Waals surface area contributed by atoms with Gasteiger partial charge in [-0.1, -0.05) is 91.5 Å². The quantitative estimate of drug-likeness (QED) is 0.0810. The zero-order valence-electron chi connectivity index (χ0n) is 30.6. The number of benzene rings is 2. The standard InChI is InChI=1S/C29H28N3O.C13H24O2.Ir/c1-18(2)12-27-28-20(10-11-33-28)15-26(32-27)25-16-24(30-17-31-25)21-13-19-8-6-7-9-22(19)23(14-21)29(3,4)5;1-5-10(6-2)12(14)9-13(15)11(7-3)8-4;/h6-11,14-18H,12H2,1-5H3;9-11,14H,5-8H2,1-4H3;/q-1;;/b;12-9-;. The number of carbonyl (C=O) groups is 1. The molecule has 0 aliphatic heterocycles. The number of rotatable bonds is 11. The summed E-state index contributed by atoms with van der Waals surface area (Å²) >= 11 is 0. The fourth-order valence-corrected chi connectivity index (χ4v) is 6.11. The fraction of sp³-hybridized carbons (Fsp3) is 0.429. The minimum Gasteiger partial charge on any atom is -0.512 e. The first-order chi connectivity index (χ1) is 22.9. The van der Waals surface area contributed by atoms with Gasteiger partial charge in [0.05, 0.1) is 29.1 Å². The molecule has 0 bridgehead atoms. The summed E-state index contributed by atoms with van der Waals surface area (Å²) in [7, 11) is 0. The molecule has 0 spiro atoms. The van der Waals surface area contributed by atoms with Crippen LogP contribution in [0.2, 0.25) is 0 Å². The number of aliphatic hydroxyl groups excluding tert-OH is 1. The number of carbonyl (C=O) groups excluding carboxylic acids is 1. The molecule has 0 unspecified atom stereocenters. The third-order valence-corrected chi connectivity index (χ3v) is 8.98. The van der Waals surface area contributed by atoms with Gasteiger partial charge in [-0.25, -0.2) is 9.97 Å². The number of aromatic nitrogens is 3. The molecular formula is C42H52IrN3O3-. The topological polar surface area (TPSA) is 89.1 Å². The van der Waals surface area contributed by atoms with Crippen molar-refractivity contribution < 1.29 is 34.4 Å². The van der Waals surface area contributed by atoms with Crippen LogP contribution in [0, 0.1) is 23.8 Å². The monoisotopic (exact) mass is 839 g/mol. The molecule has 0 amide bonds. The van der Waals surface area contributed by atoms with Crippen LogP contribution in [-0.2, 0) is 36.7 Å². The molecule has 1 N–H and O–H groups in total. The predicted molar refractivity (Wildman–Crippen MR) is 198 cm³/mol. The van der Waals surface area contributed by atoms with Crippen LogP contribution in [0.1, 0.15) is 99.3 Å². The van der Waals surface area contributed by atoms with E-state index in [4.69, 9.17) is 9.40 Å². The molecule has 6 nitrogen and oxygen atoms in total. The normalized spacial score (nSPS) is 12.0. The molecule has 0 saturated heterocycles. The Morgan fingerprint density at radius 3 is 2.18 bits per heavy atom. The molecule has 3 aromatic heterocycles. The van der Waals surface area contributed by atoms with Gasteiger partial charge in [0.15, 0.2) is 11.4 Å². The Labute approximate surface area is 306 Å². The molecule has 0 atom stereocenters. The summed E-state index contributed by atoms with van der Waals surface area (Å²) in [4.78, 5) is 25.8. The van der Waals surface area contributed by atoms with E-state index in [0.717, 1.165) is 76.8 Å². The Bertz CT molecular complexity index is 1860. The zero-order valence-corrected chi connectivity index (χ0v) is 33.0. The van der Waals surface area contributed by atoms with Gasteiger partial charge in [-0.15, -0.1) is 29.1 Å². The Hall–Kier alpha value is -3.67. The second-order valence-corrected chi connectivity index (χ2v) is 14.1. The maximum atomic E-state index is 11.7. The van der Waals surface area contributed by atoms with Crippen molar-refractivity contribution in [3.63, 3.8) is 0 Å². The van der Waals surface area contributed by atoms with Crippen LogP contribution in [0.15, 0.2) is 77.4 Å². The van der Waals surface area contributed by atoms with Crippen molar-refractivity contribution in [1.29, 1.82) is 0 Å². The second kappa shape index (κ2) is 17.8. The smallest absolute Gasteiger partial charge is 0.162 e. The van der Waals surface area contributed by atoms with Crippen LogP contribution in [0.25, 0.3) is 44.4 Å². The van der Waals surface area contributed by atoms with E-state index in [9.17, 15) is 9.90 Å². The number of hydrogen-bond donors (Lipinski definition) is 1. The predicted octanol–water partition coefficient (Wildman–Crippen LogP) is 11.3. The maximum absolute atomic E-state index is 11.7. The van der Waals surface area contributed by atoms with Gasteiger partial charge in [0.2, 0.25) is 0 Å². The summed E-state index contributed by atoms with van der Waals surface area (Å²) in [6, 6.07) is 20.2. The molecule has 0 fully saturated rings. The molecular weight excluding hydrogens is 787 g/mol. The molecule has 0 aliphatic carbocycles. The average Bonchev–Trinajstić information content (AvgIpc) is 3.54. The van der Waals surface area contributed by atoms with E-state index in [1.807, 2.05) is 45.9 Å². The van der Waals surface area contributed by atoms with Gasteiger partial charge < -0.3 is 9.52 Å². The minimum absolute atomic E-state index is 0. The fourth-order valence-electron chi connectivity index (χ4n) is 6.11. The SMILES string of the molecule is CC(C)Cc1nc(-c2cc(-c3[c-]c4ccccc4c(C(C)(C)C)c3)ncn2)cc2ccoc12.CCC(CC)C(=O)/C=C(\O)C(CC)CC.[Ir]. The van der Waals surface area contributed by atoms with Crippen molar-refractivity contribution in [2.75, 3.05) is 0 Å². The summed E-state index contributed by atoms with van der Waals surface area (Å²) < 4.78 is 5.72. The van der Waals surface area contributed by atoms with Crippen molar-refractivity contribution in [1.82, 2.24) is 15.0 Å². The number of fused-ring (bicyclic) bond motifs is 2. The van der Waals surface area contributed by atoms with E-state index in [2.05, 4.69) is 81.0 Å². The zero-order chi connectivity index (χ0) is 35.0. The van der Waals surface area contributed by atoms with Gasteiger partial charge in [-0.3, -0.25) is 9.78 Å². The van der Waals surface area contributed by atoms with E-state index < -0.39 is 0 Å². The number of hydrogen-bond acceptors (Lipinski definition) is 6. The third-order valence-electron chi connectivity index (χ3n) is 8.98. The molecule has 263 valence electrons. The molecule has 49 heavy (non-hydrogen) atoms. The van der Waals surface area contributed by atoms with E-state index in [1.54, 1.807) is 12.6 Å². The number of ketones is 1.